The Hall–Kier alpha value is -1.00. The quantitative estimate of drug-likeness (QED) is 0.778. The van der Waals surface area contributed by atoms with Crippen LogP contribution in [-0.4, -0.2) is 27.5 Å². The first kappa shape index (κ1) is 14.4. The van der Waals surface area contributed by atoms with Gasteiger partial charge in [0.1, 0.15) is 10.7 Å². The molecule has 3 nitrogen and oxygen atoms in total. The van der Waals surface area contributed by atoms with Gasteiger partial charge < -0.3 is 5.73 Å². The molecule has 2 rings (SSSR count). The fourth-order valence-corrected chi connectivity index (χ4v) is 2.45. The van der Waals surface area contributed by atoms with Gasteiger partial charge in [-0.05, 0) is 43.4 Å². The molecule has 0 unspecified atom stereocenters. The monoisotopic (exact) mass is 277 g/mol. The van der Waals surface area contributed by atoms with Gasteiger partial charge in [-0.25, -0.2) is 0 Å². The lowest BCUT2D eigenvalue weighted by molar-refractivity contribution is 0.239. The van der Waals surface area contributed by atoms with Crippen molar-refractivity contribution in [3.63, 3.8) is 0 Å². The fraction of sp³-hybridized carbons (Fsp3) is 0.600. The molecule has 0 spiro atoms. The van der Waals surface area contributed by atoms with Crippen molar-refractivity contribution >= 4 is 17.2 Å². The maximum Gasteiger partial charge on any atom is 0.123 e. The van der Waals surface area contributed by atoms with Gasteiger partial charge in [-0.3, -0.25) is 9.88 Å². The van der Waals surface area contributed by atoms with Crippen LogP contribution in [0.3, 0.4) is 0 Å². The van der Waals surface area contributed by atoms with E-state index in [1.54, 1.807) is 6.20 Å². The van der Waals surface area contributed by atoms with Crippen LogP contribution in [0.2, 0.25) is 0 Å². The molecule has 4 heteroatoms. The molecule has 0 radical (unpaired) electrons. The van der Waals surface area contributed by atoms with Crippen molar-refractivity contribution in [2.45, 2.75) is 45.7 Å². The van der Waals surface area contributed by atoms with Crippen LogP contribution in [0.15, 0.2) is 18.3 Å². The number of nitrogens with zero attached hydrogens (tertiary/aromatic N) is 2. The van der Waals surface area contributed by atoms with Crippen LogP contribution in [0.5, 0.6) is 0 Å². The van der Waals surface area contributed by atoms with Crippen molar-refractivity contribution in [1.82, 2.24) is 9.88 Å². The normalized spacial score (nSPS) is 15.2. The van der Waals surface area contributed by atoms with E-state index in [1.165, 1.54) is 19.3 Å². The number of thiocarbonyl (C=S) groups is 1. The summed E-state index contributed by atoms with van der Waals surface area (Å²) in [7, 11) is 0. The highest BCUT2D eigenvalue weighted by atomic mass is 32.1. The SMILES string of the molecule is CC(C)CCN(Cc1cccnc1C(N)=S)C1CC1. The minimum absolute atomic E-state index is 0.398. The van der Waals surface area contributed by atoms with E-state index in [4.69, 9.17) is 18.0 Å². The Labute approximate surface area is 121 Å². The summed E-state index contributed by atoms with van der Waals surface area (Å²) in [4.78, 5) is 7.27. The van der Waals surface area contributed by atoms with Gasteiger partial charge in [0.15, 0.2) is 0 Å². The van der Waals surface area contributed by atoms with Crippen LogP contribution in [0.1, 0.15) is 44.4 Å². The maximum absolute atomic E-state index is 5.75. The van der Waals surface area contributed by atoms with Crippen molar-refractivity contribution in [1.29, 1.82) is 0 Å². The molecule has 1 heterocycles. The van der Waals surface area contributed by atoms with Crippen molar-refractivity contribution in [3.8, 4) is 0 Å². The van der Waals surface area contributed by atoms with Gasteiger partial charge in [0, 0.05) is 18.8 Å². The van der Waals surface area contributed by atoms with E-state index in [-0.39, 0.29) is 0 Å². The number of hydrogen-bond acceptors (Lipinski definition) is 3. The molecule has 2 N–H and O–H groups in total. The van der Waals surface area contributed by atoms with Gasteiger partial charge in [-0.1, -0.05) is 32.1 Å². The highest BCUT2D eigenvalue weighted by molar-refractivity contribution is 7.80. The predicted octanol–water partition coefficient (Wildman–Crippen LogP) is 2.73. The number of pyridine rings is 1. The molecule has 1 aromatic rings. The van der Waals surface area contributed by atoms with Gasteiger partial charge in [0.05, 0.1) is 0 Å². The fourth-order valence-electron chi connectivity index (χ4n) is 2.26. The van der Waals surface area contributed by atoms with E-state index in [2.05, 4.69) is 29.8 Å². The lowest BCUT2D eigenvalue weighted by atomic mass is 10.1. The first-order chi connectivity index (χ1) is 9.08. The molecule has 1 aromatic heterocycles. The van der Waals surface area contributed by atoms with Gasteiger partial charge in [0.2, 0.25) is 0 Å². The Morgan fingerprint density at radius 1 is 1.53 bits per heavy atom. The molecule has 19 heavy (non-hydrogen) atoms. The molecular formula is C15H23N3S. The molecule has 0 atom stereocenters. The second-order valence-corrected chi connectivity index (χ2v) is 6.20. The lowest BCUT2D eigenvalue weighted by Crippen LogP contribution is -2.29. The van der Waals surface area contributed by atoms with E-state index < -0.39 is 0 Å². The Balaban J connectivity index is 2.06. The van der Waals surface area contributed by atoms with Gasteiger partial charge in [-0.2, -0.15) is 0 Å². The minimum Gasteiger partial charge on any atom is -0.388 e. The first-order valence-corrected chi connectivity index (χ1v) is 7.46. The Bertz CT molecular complexity index is 441. The molecule has 1 saturated carbocycles. The lowest BCUT2D eigenvalue weighted by Gasteiger charge is -2.23. The smallest absolute Gasteiger partial charge is 0.123 e. The van der Waals surface area contributed by atoms with E-state index in [0.717, 1.165) is 36.3 Å². The standard InChI is InChI=1S/C15H23N3S/c1-11(2)7-9-18(13-5-6-13)10-12-4-3-8-17-14(12)15(16)19/h3-4,8,11,13H,5-7,9-10H2,1-2H3,(H2,16,19). The van der Waals surface area contributed by atoms with Crippen LogP contribution < -0.4 is 5.73 Å². The van der Waals surface area contributed by atoms with Gasteiger partial charge in [0.25, 0.3) is 0 Å². The molecule has 0 amide bonds. The van der Waals surface area contributed by atoms with E-state index in [1.807, 2.05) is 6.07 Å². The summed E-state index contributed by atoms with van der Waals surface area (Å²) >= 11 is 5.09. The van der Waals surface area contributed by atoms with E-state index in [9.17, 15) is 0 Å². The van der Waals surface area contributed by atoms with Gasteiger partial charge in [-0.15, -0.1) is 0 Å². The van der Waals surface area contributed by atoms with Crippen LogP contribution in [0, 0.1) is 5.92 Å². The molecule has 0 bridgehead atoms. The van der Waals surface area contributed by atoms with E-state index in [0.29, 0.717) is 4.99 Å². The molecule has 0 aromatic carbocycles. The van der Waals surface area contributed by atoms with Gasteiger partial charge >= 0.3 is 0 Å². The molecule has 0 saturated heterocycles. The third-order valence-corrected chi connectivity index (χ3v) is 3.75. The Morgan fingerprint density at radius 2 is 2.26 bits per heavy atom. The summed E-state index contributed by atoms with van der Waals surface area (Å²) in [6, 6.07) is 4.80. The van der Waals surface area contributed by atoms with Crippen molar-refractivity contribution in [3.05, 3.63) is 29.6 Å². The zero-order chi connectivity index (χ0) is 13.8. The second kappa shape index (κ2) is 6.44. The largest absolute Gasteiger partial charge is 0.388 e. The Morgan fingerprint density at radius 3 is 2.84 bits per heavy atom. The molecule has 104 valence electrons. The molecular weight excluding hydrogens is 254 g/mol. The van der Waals surface area contributed by atoms with Crippen LogP contribution in [0.25, 0.3) is 0 Å². The Kier molecular flexibility index (Phi) is 4.88. The molecule has 1 fully saturated rings. The van der Waals surface area contributed by atoms with Crippen LogP contribution in [0.4, 0.5) is 0 Å². The zero-order valence-corrected chi connectivity index (χ0v) is 12.6. The minimum atomic E-state index is 0.398. The van der Waals surface area contributed by atoms with Crippen molar-refractivity contribution in [2.24, 2.45) is 11.7 Å². The molecule has 1 aliphatic rings. The number of nitrogens with two attached hydrogens (primary N) is 1. The predicted molar refractivity (Wildman–Crippen MR) is 83.0 cm³/mol. The average molecular weight is 277 g/mol. The summed E-state index contributed by atoms with van der Waals surface area (Å²) in [5, 5.41) is 0. The third kappa shape index (κ3) is 4.25. The highest BCUT2D eigenvalue weighted by Gasteiger charge is 2.29. The average Bonchev–Trinajstić information content (AvgIpc) is 3.18. The molecule has 1 aliphatic carbocycles. The summed E-state index contributed by atoms with van der Waals surface area (Å²) < 4.78 is 0. The summed E-state index contributed by atoms with van der Waals surface area (Å²) in [6.45, 7) is 6.61. The molecule has 0 aliphatic heterocycles. The van der Waals surface area contributed by atoms with Crippen LogP contribution >= 0.6 is 12.2 Å². The summed E-state index contributed by atoms with van der Waals surface area (Å²) in [5.74, 6) is 0.741. The second-order valence-electron chi connectivity index (χ2n) is 5.76. The topological polar surface area (TPSA) is 42.2 Å². The zero-order valence-electron chi connectivity index (χ0n) is 11.8. The third-order valence-electron chi connectivity index (χ3n) is 3.56. The van der Waals surface area contributed by atoms with E-state index >= 15 is 0 Å². The summed E-state index contributed by atoms with van der Waals surface area (Å²) in [5.41, 5.74) is 7.70. The van der Waals surface area contributed by atoms with Crippen molar-refractivity contribution < 1.29 is 0 Å². The number of aromatic nitrogens is 1. The number of hydrogen-bond donors (Lipinski definition) is 1. The first-order valence-electron chi connectivity index (χ1n) is 7.05. The number of rotatable bonds is 7. The van der Waals surface area contributed by atoms with Crippen molar-refractivity contribution in [2.75, 3.05) is 6.54 Å². The summed E-state index contributed by atoms with van der Waals surface area (Å²) in [6.07, 6.45) is 5.63. The maximum atomic E-state index is 5.75. The highest BCUT2D eigenvalue weighted by Crippen LogP contribution is 2.29. The van der Waals surface area contributed by atoms with Crippen LogP contribution in [-0.2, 0) is 6.54 Å².